The Kier molecular flexibility index (Phi) is 8.50. The Balaban J connectivity index is 1.70. The van der Waals surface area contributed by atoms with E-state index in [0.29, 0.717) is 17.8 Å². The molecule has 1 aromatic heterocycles. The van der Waals surface area contributed by atoms with Gasteiger partial charge in [-0.1, -0.05) is 82.4 Å². The Hall–Kier alpha value is -1.23. The predicted molar refractivity (Wildman–Crippen MR) is 131 cm³/mol. The van der Waals surface area contributed by atoms with Crippen molar-refractivity contribution in [3.8, 4) is 0 Å². The van der Waals surface area contributed by atoms with Crippen LogP contribution in [-0.2, 0) is 0 Å². The van der Waals surface area contributed by atoms with Gasteiger partial charge in [-0.2, -0.15) is 0 Å². The van der Waals surface area contributed by atoms with Gasteiger partial charge in [-0.15, -0.1) is 0 Å². The second-order valence-corrected chi connectivity index (χ2v) is 15.3. The molecule has 1 heterocycles. The number of para-hydroxylation sites is 1. The molecular weight excluding hydrogens is 384 g/mol. The van der Waals surface area contributed by atoms with Crippen molar-refractivity contribution in [3.05, 3.63) is 42.1 Å². The van der Waals surface area contributed by atoms with Crippen LogP contribution in [0.1, 0.15) is 64.5 Å². The lowest BCUT2D eigenvalue weighted by molar-refractivity contribution is 0.0570. The zero-order valence-electron chi connectivity index (χ0n) is 19.3. The second kappa shape index (κ2) is 10.9. The molecule has 1 fully saturated rings. The van der Waals surface area contributed by atoms with Gasteiger partial charge in [0.2, 0.25) is 0 Å². The van der Waals surface area contributed by atoms with Crippen molar-refractivity contribution >= 4 is 19.0 Å². The summed E-state index contributed by atoms with van der Waals surface area (Å²) in [5.74, 6) is 1.61. The van der Waals surface area contributed by atoms with E-state index < -0.39 is 14.2 Å². The van der Waals surface area contributed by atoms with Crippen molar-refractivity contribution in [1.29, 1.82) is 0 Å². The molecule has 3 N–H and O–H groups in total. The molecule has 3 rings (SSSR count). The summed E-state index contributed by atoms with van der Waals surface area (Å²) >= 11 is 0. The summed E-state index contributed by atoms with van der Waals surface area (Å²) in [5.41, 5.74) is 8.33. The summed E-state index contributed by atoms with van der Waals surface area (Å²) < 4.78 is 0. The molecule has 4 atom stereocenters. The van der Waals surface area contributed by atoms with Crippen molar-refractivity contribution in [2.24, 2.45) is 23.5 Å². The summed E-state index contributed by atoms with van der Waals surface area (Å²) in [7, 11) is -1.09. The Morgan fingerprint density at radius 1 is 1.07 bits per heavy atom. The molecule has 3 unspecified atom stereocenters. The van der Waals surface area contributed by atoms with Crippen molar-refractivity contribution in [2.45, 2.75) is 83.2 Å². The van der Waals surface area contributed by atoms with Crippen LogP contribution < -0.4 is 5.73 Å². The van der Waals surface area contributed by atoms with Crippen LogP contribution >= 0.6 is 0 Å². The topological polar surface area (TPSA) is 59.1 Å². The molecule has 1 aliphatic rings. The number of nitrogens with two attached hydrogens (primary N) is 1. The molecule has 1 aliphatic carbocycles. The van der Waals surface area contributed by atoms with E-state index in [2.05, 4.69) is 31.8 Å². The van der Waals surface area contributed by atoms with Gasteiger partial charge >= 0.3 is 0 Å². The fourth-order valence-corrected chi connectivity index (χ4v) is 9.47. The smallest absolute Gasteiger partial charge is 0.0825 e. The Labute approximate surface area is 184 Å². The molecule has 166 valence electrons. The van der Waals surface area contributed by atoms with Crippen molar-refractivity contribution in [1.82, 2.24) is 4.98 Å². The molecule has 2 aromatic rings. The quantitative estimate of drug-likeness (QED) is 0.424. The maximum atomic E-state index is 11.3. The molecule has 30 heavy (non-hydrogen) atoms. The van der Waals surface area contributed by atoms with Crippen LogP contribution in [0.4, 0.5) is 0 Å². The van der Waals surface area contributed by atoms with Crippen molar-refractivity contribution in [3.63, 3.8) is 0 Å². The first-order valence-electron chi connectivity index (χ1n) is 12.3. The number of pyridine rings is 1. The van der Waals surface area contributed by atoms with E-state index in [-0.39, 0.29) is 0 Å². The Morgan fingerprint density at radius 2 is 1.77 bits per heavy atom. The van der Waals surface area contributed by atoms with E-state index in [0.717, 1.165) is 35.9 Å². The summed E-state index contributed by atoms with van der Waals surface area (Å²) in [6, 6.07) is 15.8. The largest absolute Gasteiger partial charge is 0.388 e. The average Bonchev–Trinajstić information content (AvgIpc) is 2.82. The van der Waals surface area contributed by atoms with Crippen LogP contribution in [0.5, 0.6) is 0 Å². The van der Waals surface area contributed by atoms with Gasteiger partial charge in [0.1, 0.15) is 0 Å². The third-order valence-electron chi connectivity index (χ3n) is 8.47. The molecule has 1 aromatic carbocycles. The highest BCUT2D eigenvalue weighted by atomic mass is 28.3. The zero-order chi connectivity index (χ0) is 21.6. The lowest BCUT2D eigenvalue weighted by Crippen LogP contribution is -2.35. The maximum Gasteiger partial charge on any atom is 0.0825 e. The molecule has 0 spiro atoms. The van der Waals surface area contributed by atoms with Gasteiger partial charge in [0.25, 0.3) is 0 Å². The number of rotatable bonds is 10. The van der Waals surface area contributed by atoms with E-state index >= 15 is 0 Å². The Bertz CT molecular complexity index is 778. The SMILES string of the molecule is CC[Si](CC)(CC)CCC(CN)C1CCCC([C@H](O)c2ccnc3ccccc23)C1. The summed E-state index contributed by atoms with van der Waals surface area (Å²) in [4.78, 5) is 4.47. The van der Waals surface area contributed by atoms with Crippen molar-refractivity contribution < 1.29 is 5.11 Å². The lowest BCUT2D eigenvalue weighted by atomic mass is 9.71. The molecule has 0 amide bonds. The number of hydrogen-bond acceptors (Lipinski definition) is 3. The number of hydrogen-bond donors (Lipinski definition) is 2. The van der Waals surface area contributed by atoms with E-state index in [1.807, 2.05) is 30.5 Å². The minimum absolute atomic E-state index is 0.328. The first kappa shape index (κ1) is 23.4. The molecule has 3 nitrogen and oxygen atoms in total. The number of aliphatic hydroxyl groups is 1. The molecule has 0 aliphatic heterocycles. The van der Waals surface area contributed by atoms with Gasteiger partial charge in [-0.05, 0) is 54.8 Å². The van der Waals surface area contributed by atoms with Crippen molar-refractivity contribution in [2.75, 3.05) is 6.54 Å². The fourth-order valence-electron chi connectivity index (χ4n) is 5.93. The number of aromatic nitrogens is 1. The third kappa shape index (κ3) is 5.15. The van der Waals surface area contributed by atoms with Crippen LogP contribution in [0.3, 0.4) is 0 Å². The standard InChI is InChI=1S/C26H42N2OSi/c1-4-30(5-2,6-3)17-15-22(19-27)20-10-9-11-21(18-20)26(29)24-14-16-28-25-13-8-7-12-23(24)25/h7-8,12-14,16,20-22,26,29H,4-6,9-11,15,17-19,27H2,1-3H3/t20?,21?,22?,26-/m0/s1. The van der Waals surface area contributed by atoms with E-state index in [4.69, 9.17) is 5.73 Å². The minimum Gasteiger partial charge on any atom is -0.388 e. The molecule has 0 radical (unpaired) electrons. The second-order valence-electron chi connectivity index (χ2n) is 9.64. The van der Waals surface area contributed by atoms with Gasteiger partial charge in [0.05, 0.1) is 19.7 Å². The van der Waals surface area contributed by atoms with Gasteiger partial charge in [0.15, 0.2) is 0 Å². The van der Waals surface area contributed by atoms with Gasteiger partial charge in [-0.25, -0.2) is 0 Å². The molecule has 4 heteroatoms. The van der Waals surface area contributed by atoms with Crippen LogP contribution in [0.25, 0.3) is 10.9 Å². The monoisotopic (exact) mass is 426 g/mol. The molecular formula is C26H42N2OSi. The maximum absolute atomic E-state index is 11.3. The Morgan fingerprint density at radius 3 is 2.47 bits per heavy atom. The minimum atomic E-state index is -1.09. The van der Waals surface area contributed by atoms with Crippen LogP contribution in [0.2, 0.25) is 24.2 Å². The molecule has 0 bridgehead atoms. The predicted octanol–water partition coefficient (Wildman–Crippen LogP) is 6.55. The number of aliphatic hydroxyl groups excluding tert-OH is 1. The number of benzene rings is 1. The normalized spacial score (nSPS) is 22.2. The highest BCUT2D eigenvalue weighted by Crippen LogP contribution is 2.43. The lowest BCUT2D eigenvalue weighted by Gasteiger charge is -2.38. The number of nitrogens with zero attached hydrogens (tertiary/aromatic N) is 1. The van der Waals surface area contributed by atoms with E-state index in [1.165, 1.54) is 43.4 Å². The zero-order valence-corrected chi connectivity index (χ0v) is 20.3. The van der Waals surface area contributed by atoms with E-state index in [9.17, 15) is 5.11 Å². The highest BCUT2D eigenvalue weighted by molar-refractivity contribution is 6.79. The first-order chi connectivity index (χ1) is 14.6. The average molecular weight is 427 g/mol. The fraction of sp³-hybridized carbons (Fsp3) is 0.654. The van der Waals surface area contributed by atoms with Gasteiger partial charge < -0.3 is 10.8 Å². The summed E-state index contributed by atoms with van der Waals surface area (Å²) in [5, 5.41) is 12.4. The highest BCUT2D eigenvalue weighted by Gasteiger charge is 2.34. The third-order valence-corrected chi connectivity index (χ3v) is 14.3. The first-order valence-corrected chi connectivity index (χ1v) is 15.1. The molecule has 0 saturated heterocycles. The molecule has 1 saturated carbocycles. The van der Waals surface area contributed by atoms with E-state index in [1.54, 1.807) is 0 Å². The van der Waals surface area contributed by atoms with Crippen LogP contribution in [0, 0.1) is 17.8 Å². The summed E-state index contributed by atoms with van der Waals surface area (Å²) in [6.45, 7) is 8.02. The van der Waals surface area contributed by atoms with Gasteiger partial charge in [0, 0.05) is 11.6 Å². The van der Waals surface area contributed by atoms with Crippen LogP contribution in [-0.4, -0.2) is 24.7 Å². The number of fused-ring (bicyclic) bond motifs is 1. The summed E-state index contributed by atoms with van der Waals surface area (Å²) in [6.07, 6.45) is 7.44. The van der Waals surface area contributed by atoms with Crippen LogP contribution in [0.15, 0.2) is 36.5 Å². The van der Waals surface area contributed by atoms with Gasteiger partial charge in [-0.3, -0.25) is 4.98 Å².